The molecule has 0 spiro atoms. The first-order chi connectivity index (χ1) is 13.3. The SMILES string of the molecule is C=C(COc1ccc(Cl)cc1Cl)CSc1ccc(OCCOC(C)=O)c(C)c1. The number of hydrogen-bond donors (Lipinski definition) is 0. The molecule has 0 amide bonds. The van der Waals surface area contributed by atoms with E-state index in [2.05, 4.69) is 12.6 Å². The van der Waals surface area contributed by atoms with Crippen LogP contribution in [-0.2, 0) is 9.53 Å². The molecule has 0 aromatic heterocycles. The van der Waals surface area contributed by atoms with Gasteiger partial charge >= 0.3 is 5.97 Å². The van der Waals surface area contributed by atoms with Gasteiger partial charge in [0.2, 0.25) is 0 Å². The minimum absolute atomic E-state index is 0.239. The Morgan fingerprint density at radius 1 is 1.07 bits per heavy atom. The number of benzene rings is 2. The molecular formula is C21H22Cl2O4S. The fourth-order valence-corrected chi connectivity index (χ4v) is 3.55. The molecule has 150 valence electrons. The summed E-state index contributed by atoms with van der Waals surface area (Å²) in [4.78, 5) is 11.8. The minimum atomic E-state index is -0.311. The van der Waals surface area contributed by atoms with Crippen molar-refractivity contribution in [3.8, 4) is 11.5 Å². The quantitative estimate of drug-likeness (QED) is 0.197. The summed E-state index contributed by atoms with van der Waals surface area (Å²) < 4.78 is 16.2. The molecular weight excluding hydrogens is 419 g/mol. The van der Waals surface area contributed by atoms with Crippen molar-refractivity contribution in [3.05, 3.63) is 64.2 Å². The number of carbonyl (C=O) groups is 1. The van der Waals surface area contributed by atoms with Crippen LogP contribution in [0.4, 0.5) is 0 Å². The normalized spacial score (nSPS) is 10.4. The number of rotatable bonds is 10. The van der Waals surface area contributed by atoms with Gasteiger partial charge in [-0.1, -0.05) is 29.8 Å². The van der Waals surface area contributed by atoms with Crippen LogP contribution in [-0.4, -0.2) is 31.5 Å². The van der Waals surface area contributed by atoms with Gasteiger partial charge in [-0.25, -0.2) is 0 Å². The average molecular weight is 441 g/mol. The van der Waals surface area contributed by atoms with Crippen LogP contribution < -0.4 is 9.47 Å². The van der Waals surface area contributed by atoms with E-state index in [1.54, 1.807) is 30.0 Å². The second-order valence-electron chi connectivity index (χ2n) is 6.02. The Hall–Kier alpha value is -1.82. The molecule has 28 heavy (non-hydrogen) atoms. The highest BCUT2D eigenvalue weighted by atomic mass is 35.5. The molecule has 0 fully saturated rings. The van der Waals surface area contributed by atoms with Crippen LogP contribution in [0.1, 0.15) is 12.5 Å². The predicted octanol–water partition coefficient (Wildman–Crippen LogP) is 5.97. The monoisotopic (exact) mass is 440 g/mol. The first-order valence-electron chi connectivity index (χ1n) is 8.59. The van der Waals surface area contributed by atoms with Crippen LogP contribution in [0.2, 0.25) is 10.0 Å². The molecule has 0 aliphatic rings. The highest BCUT2D eigenvalue weighted by Crippen LogP contribution is 2.29. The summed E-state index contributed by atoms with van der Waals surface area (Å²) in [6.07, 6.45) is 0. The Balaban J connectivity index is 1.77. The smallest absolute Gasteiger partial charge is 0.302 e. The van der Waals surface area contributed by atoms with E-state index in [0.29, 0.717) is 29.0 Å². The molecule has 4 nitrogen and oxygen atoms in total. The van der Waals surface area contributed by atoms with Gasteiger partial charge in [0.05, 0.1) is 5.02 Å². The number of halogens is 2. The Bertz CT molecular complexity index is 839. The maximum Gasteiger partial charge on any atom is 0.302 e. The van der Waals surface area contributed by atoms with E-state index in [9.17, 15) is 4.79 Å². The van der Waals surface area contributed by atoms with E-state index in [4.69, 9.17) is 37.4 Å². The highest BCUT2D eigenvalue weighted by Gasteiger charge is 2.06. The van der Waals surface area contributed by atoms with Crippen LogP contribution >= 0.6 is 35.0 Å². The number of carbonyl (C=O) groups excluding carboxylic acids is 1. The minimum Gasteiger partial charge on any atom is -0.490 e. The number of thioether (sulfide) groups is 1. The zero-order valence-corrected chi connectivity index (χ0v) is 18.1. The molecule has 0 saturated carbocycles. The van der Waals surface area contributed by atoms with Crippen molar-refractivity contribution in [3.63, 3.8) is 0 Å². The molecule has 0 saturated heterocycles. The van der Waals surface area contributed by atoms with Crippen molar-refractivity contribution in [2.75, 3.05) is 25.6 Å². The van der Waals surface area contributed by atoms with Crippen LogP contribution in [0.3, 0.4) is 0 Å². The summed E-state index contributed by atoms with van der Waals surface area (Å²) in [5.41, 5.74) is 1.96. The van der Waals surface area contributed by atoms with E-state index in [0.717, 1.165) is 27.5 Å². The van der Waals surface area contributed by atoms with Gasteiger partial charge in [0.25, 0.3) is 0 Å². The fourth-order valence-electron chi connectivity index (χ4n) is 2.21. The fraction of sp³-hybridized carbons (Fsp3) is 0.286. The Morgan fingerprint density at radius 2 is 1.82 bits per heavy atom. The van der Waals surface area contributed by atoms with Gasteiger partial charge in [0, 0.05) is 22.6 Å². The second kappa shape index (κ2) is 11.2. The maximum atomic E-state index is 10.7. The van der Waals surface area contributed by atoms with Crippen molar-refractivity contribution in [1.82, 2.24) is 0 Å². The van der Waals surface area contributed by atoms with Crippen molar-refractivity contribution in [2.24, 2.45) is 0 Å². The highest BCUT2D eigenvalue weighted by molar-refractivity contribution is 7.99. The lowest BCUT2D eigenvalue weighted by Gasteiger charge is -2.12. The molecule has 2 aromatic carbocycles. The lowest BCUT2D eigenvalue weighted by Crippen LogP contribution is -2.10. The first-order valence-corrected chi connectivity index (χ1v) is 10.3. The summed E-state index contributed by atoms with van der Waals surface area (Å²) in [6, 6.07) is 11.1. The topological polar surface area (TPSA) is 44.8 Å². The number of hydrogen-bond acceptors (Lipinski definition) is 5. The predicted molar refractivity (Wildman–Crippen MR) is 115 cm³/mol. The largest absolute Gasteiger partial charge is 0.490 e. The Morgan fingerprint density at radius 3 is 2.50 bits per heavy atom. The van der Waals surface area contributed by atoms with Crippen LogP contribution in [0.5, 0.6) is 11.5 Å². The van der Waals surface area contributed by atoms with Crippen LogP contribution in [0, 0.1) is 6.92 Å². The maximum absolute atomic E-state index is 10.7. The van der Waals surface area contributed by atoms with Gasteiger partial charge in [-0.05, 0) is 54.5 Å². The lowest BCUT2D eigenvalue weighted by molar-refractivity contribution is -0.141. The second-order valence-corrected chi connectivity index (χ2v) is 7.91. The van der Waals surface area contributed by atoms with Gasteiger partial charge in [-0.15, -0.1) is 11.8 Å². The van der Waals surface area contributed by atoms with E-state index in [-0.39, 0.29) is 12.6 Å². The molecule has 0 atom stereocenters. The standard InChI is InChI=1S/C21H22Cl2O4S/c1-14(12-27-21-6-4-17(22)11-19(21)23)13-28-18-5-7-20(15(2)10-18)26-9-8-25-16(3)24/h4-7,10-11H,1,8-9,12-13H2,2-3H3. The molecule has 0 bridgehead atoms. The van der Waals surface area contributed by atoms with Crippen molar-refractivity contribution < 1.29 is 19.0 Å². The number of esters is 1. The Kier molecular flexibility index (Phi) is 9.03. The molecule has 0 aliphatic heterocycles. The summed E-state index contributed by atoms with van der Waals surface area (Å²) >= 11 is 13.6. The van der Waals surface area contributed by atoms with Crippen molar-refractivity contribution in [2.45, 2.75) is 18.7 Å². The number of aryl methyl sites for hydroxylation is 1. The zero-order valence-electron chi connectivity index (χ0n) is 15.8. The molecule has 0 aliphatic carbocycles. The van der Waals surface area contributed by atoms with Crippen molar-refractivity contribution in [1.29, 1.82) is 0 Å². The third-order valence-corrected chi connectivity index (χ3v) is 5.23. The van der Waals surface area contributed by atoms with E-state index in [1.165, 1.54) is 6.92 Å². The summed E-state index contributed by atoms with van der Waals surface area (Å²) in [7, 11) is 0. The third kappa shape index (κ3) is 7.66. The summed E-state index contributed by atoms with van der Waals surface area (Å²) in [5.74, 6) is 1.77. The molecule has 0 N–H and O–H groups in total. The molecule has 0 heterocycles. The molecule has 7 heteroatoms. The van der Waals surface area contributed by atoms with E-state index < -0.39 is 0 Å². The van der Waals surface area contributed by atoms with Gasteiger partial charge in [-0.2, -0.15) is 0 Å². The first kappa shape index (κ1) is 22.5. The zero-order chi connectivity index (χ0) is 20.5. The lowest BCUT2D eigenvalue weighted by atomic mass is 10.2. The summed E-state index contributed by atoms with van der Waals surface area (Å²) in [6.45, 7) is 8.35. The molecule has 2 aromatic rings. The van der Waals surface area contributed by atoms with Gasteiger partial charge in [0.15, 0.2) is 0 Å². The Labute approximate surface area is 179 Å². The van der Waals surface area contributed by atoms with Gasteiger partial charge in [-0.3, -0.25) is 4.79 Å². The van der Waals surface area contributed by atoms with E-state index >= 15 is 0 Å². The molecule has 0 unspecified atom stereocenters. The van der Waals surface area contributed by atoms with Gasteiger partial charge in [0.1, 0.15) is 31.3 Å². The molecule has 2 rings (SSSR count). The molecule has 0 radical (unpaired) electrons. The number of ether oxygens (including phenoxy) is 3. The van der Waals surface area contributed by atoms with E-state index in [1.807, 2.05) is 19.1 Å². The van der Waals surface area contributed by atoms with Crippen molar-refractivity contribution >= 4 is 40.9 Å². The van der Waals surface area contributed by atoms with Crippen LogP contribution in [0.15, 0.2) is 53.4 Å². The third-order valence-electron chi connectivity index (χ3n) is 3.56. The average Bonchev–Trinajstić information content (AvgIpc) is 2.64. The van der Waals surface area contributed by atoms with Gasteiger partial charge < -0.3 is 14.2 Å². The van der Waals surface area contributed by atoms with Crippen LogP contribution in [0.25, 0.3) is 0 Å². The summed E-state index contributed by atoms with van der Waals surface area (Å²) in [5, 5.41) is 1.05.